The maximum Gasteiger partial charge on any atom is 0.357 e. The van der Waals surface area contributed by atoms with E-state index in [-0.39, 0.29) is 5.70 Å². The van der Waals surface area contributed by atoms with Crippen LogP contribution in [0.4, 0.5) is 0 Å². The van der Waals surface area contributed by atoms with Crippen molar-refractivity contribution in [3.63, 3.8) is 0 Å². The monoisotopic (exact) mass is 131 g/mol. The van der Waals surface area contributed by atoms with Crippen molar-refractivity contribution in [2.24, 2.45) is 5.73 Å². The topological polar surface area (TPSA) is 61.5 Å². The van der Waals surface area contributed by atoms with Gasteiger partial charge in [-0.15, -0.1) is 0 Å². The number of carbonyl (C=O) groups excluding carboxylic acids is 1. The van der Waals surface area contributed by atoms with E-state index >= 15 is 0 Å². The van der Waals surface area contributed by atoms with Gasteiger partial charge >= 0.3 is 5.97 Å². The molecule has 0 saturated heterocycles. The van der Waals surface area contributed by atoms with E-state index in [1.807, 2.05) is 0 Å². The van der Waals surface area contributed by atoms with Crippen LogP contribution in [0.5, 0.6) is 0 Å². The molecule has 0 aliphatic carbocycles. The predicted octanol–water partition coefficient (Wildman–Crippen LogP) is -0.394. The maximum absolute atomic E-state index is 10.4. The van der Waals surface area contributed by atoms with Crippen molar-refractivity contribution in [1.82, 2.24) is 0 Å². The first-order chi connectivity index (χ1) is 4.22. The summed E-state index contributed by atoms with van der Waals surface area (Å²) in [6.45, 7) is 0. The molecule has 0 unspecified atom stereocenters. The van der Waals surface area contributed by atoms with Gasteiger partial charge in [0.25, 0.3) is 0 Å². The quantitative estimate of drug-likeness (QED) is 0.315. The lowest BCUT2D eigenvalue weighted by Gasteiger charge is -1.95. The van der Waals surface area contributed by atoms with Crippen LogP contribution in [0.2, 0.25) is 0 Å². The summed E-state index contributed by atoms with van der Waals surface area (Å²) in [6, 6.07) is 0. The van der Waals surface area contributed by atoms with Crippen molar-refractivity contribution < 1.29 is 14.3 Å². The second-order valence-electron chi connectivity index (χ2n) is 1.30. The van der Waals surface area contributed by atoms with Gasteiger partial charge in [-0.2, -0.15) is 0 Å². The standard InChI is InChI=1S/C5H9NO3/c1-8-3-4(6)5(7)9-2/h3H,6H2,1-2H3/b4-3-. The van der Waals surface area contributed by atoms with Crippen LogP contribution in [0.1, 0.15) is 0 Å². The average molecular weight is 131 g/mol. The third-order valence-corrected chi connectivity index (χ3v) is 0.666. The average Bonchev–Trinajstić information content (AvgIpc) is 1.87. The minimum atomic E-state index is -0.586. The van der Waals surface area contributed by atoms with Gasteiger partial charge in [-0.1, -0.05) is 0 Å². The summed E-state index contributed by atoms with van der Waals surface area (Å²) < 4.78 is 8.69. The van der Waals surface area contributed by atoms with E-state index < -0.39 is 5.97 Å². The molecule has 0 rings (SSSR count). The van der Waals surface area contributed by atoms with E-state index in [2.05, 4.69) is 9.47 Å². The van der Waals surface area contributed by atoms with Crippen molar-refractivity contribution in [3.05, 3.63) is 12.0 Å². The van der Waals surface area contributed by atoms with E-state index in [0.717, 1.165) is 6.26 Å². The Morgan fingerprint density at radius 3 is 2.44 bits per heavy atom. The molecule has 0 radical (unpaired) electrons. The highest BCUT2D eigenvalue weighted by molar-refractivity contribution is 5.86. The Morgan fingerprint density at radius 2 is 2.11 bits per heavy atom. The normalized spacial score (nSPS) is 10.7. The number of carbonyl (C=O) groups is 1. The summed E-state index contributed by atoms with van der Waals surface area (Å²) in [4.78, 5) is 10.4. The molecule has 0 heterocycles. The molecule has 2 N–H and O–H groups in total. The number of rotatable bonds is 2. The van der Waals surface area contributed by atoms with Crippen LogP contribution in [0.3, 0.4) is 0 Å². The lowest BCUT2D eigenvalue weighted by molar-refractivity contribution is -0.136. The first-order valence-corrected chi connectivity index (χ1v) is 2.29. The minimum Gasteiger partial charge on any atom is -0.502 e. The largest absolute Gasteiger partial charge is 0.502 e. The first kappa shape index (κ1) is 7.81. The summed E-state index contributed by atoms with van der Waals surface area (Å²) >= 11 is 0. The number of hydrogen-bond acceptors (Lipinski definition) is 4. The van der Waals surface area contributed by atoms with E-state index in [1.165, 1.54) is 14.2 Å². The molecule has 0 saturated carbocycles. The summed E-state index contributed by atoms with van der Waals surface area (Å²) in [7, 11) is 2.65. The fraction of sp³-hybridized carbons (Fsp3) is 0.400. The van der Waals surface area contributed by atoms with Crippen molar-refractivity contribution in [1.29, 1.82) is 0 Å². The van der Waals surface area contributed by atoms with Gasteiger partial charge in [-0.05, 0) is 0 Å². The van der Waals surface area contributed by atoms with Gasteiger partial charge in [0.15, 0.2) is 5.70 Å². The highest BCUT2D eigenvalue weighted by Gasteiger charge is 2.01. The van der Waals surface area contributed by atoms with E-state index in [0.29, 0.717) is 0 Å². The molecule has 0 aromatic rings. The Labute approximate surface area is 53.2 Å². The fourth-order valence-electron chi connectivity index (χ4n) is 0.293. The van der Waals surface area contributed by atoms with E-state index in [4.69, 9.17) is 5.73 Å². The molecule has 52 valence electrons. The van der Waals surface area contributed by atoms with E-state index in [1.54, 1.807) is 0 Å². The Bertz CT molecular complexity index is 130. The highest BCUT2D eigenvalue weighted by Crippen LogP contribution is 1.86. The van der Waals surface area contributed by atoms with Gasteiger partial charge in [0, 0.05) is 0 Å². The number of hydrogen-bond donors (Lipinski definition) is 1. The smallest absolute Gasteiger partial charge is 0.357 e. The third-order valence-electron chi connectivity index (χ3n) is 0.666. The Hall–Kier alpha value is -1.19. The first-order valence-electron chi connectivity index (χ1n) is 2.29. The maximum atomic E-state index is 10.4. The van der Waals surface area contributed by atoms with Crippen molar-refractivity contribution >= 4 is 5.97 Å². The summed E-state index contributed by atoms with van der Waals surface area (Å²) in [5, 5.41) is 0. The predicted molar refractivity (Wildman–Crippen MR) is 31.3 cm³/mol. The molecule has 0 amide bonds. The summed E-state index contributed by atoms with van der Waals surface area (Å²) in [6.07, 6.45) is 1.12. The lowest BCUT2D eigenvalue weighted by Crippen LogP contribution is -2.12. The highest BCUT2D eigenvalue weighted by atomic mass is 16.5. The number of esters is 1. The number of nitrogens with two attached hydrogens (primary N) is 1. The molecule has 0 aromatic carbocycles. The Morgan fingerprint density at radius 1 is 1.56 bits per heavy atom. The van der Waals surface area contributed by atoms with Crippen LogP contribution in [0.15, 0.2) is 12.0 Å². The third kappa shape index (κ3) is 2.58. The van der Waals surface area contributed by atoms with Crippen LogP contribution in [0, 0.1) is 0 Å². The zero-order valence-corrected chi connectivity index (χ0v) is 5.38. The Balaban J connectivity index is 3.86. The molecule has 0 aromatic heterocycles. The van der Waals surface area contributed by atoms with Crippen molar-refractivity contribution in [3.8, 4) is 0 Å². The zero-order chi connectivity index (χ0) is 7.28. The van der Waals surface area contributed by atoms with Crippen LogP contribution < -0.4 is 5.73 Å². The molecule has 0 atom stereocenters. The molecular formula is C5H9NO3. The lowest BCUT2D eigenvalue weighted by atomic mass is 10.5. The summed E-state index contributed by atoms with van der Waals surface area (Å²) in [5.74, 6) is -0.586. The minimum absolute atomic E-state index is 0.0417. The summed E-state index contributed by atoms with van der Waals surface area (Å²) in [5.41, 5.74) is 5.06. The van der Waals surface area contributed by atoms with E-state index in [9.17, 15) is 4.79 Å². The zero-order valence-electron chi connectivity index (χ0n) is 5.38. The van der Waals surface area contributed by atoms with Crippen molar-refractivity contribution in [2.75, 3.05) is 14.2 Å². The fourth-order valence-corrected chi connectivity index (χ4v) is 0.293. The van der Waals surface area contributed by atoms with Crippen LogP contribution in [-0.2, 0) is 14.3 Å². The molecule has 0 spiro atoms. The number of methoxy groups -OCH3 is 2. The second-order valence-corrected chi connectivity index (χ2v) is 1.30. The SMILES string of the molecule is CO/C=C(\N)C(=O)OC. The van der Waals surface area contributed by atoms with Crippen molar-refractivity contribution in [2.45, 2.75) is 0 Å². The second kappa shape index (κ2) is 3.77. The molecule has 4 heteroatoms. The molecule has 9 heavy (non-hydrogen) atoms. The van der Waals surface area contributed by atoms with Crippen LogP contribution in [-0.4, -0.2) is 20.2 Å². The van der Waals surface area contributed by atoms with Crippen LogP contribution in [0.25, 0.3) is 0 Å². The van der Waals surface area contributed by atoms with Crippen LogP contribution >= 0.6 is 0 Å². The van der Waals surface area contributed by atoms with Gasteiger partial charge in [0.05, 0.1) is 14.2 Å². The van der Waals surface area contributed by atoms with Gasteiger partial charge in [-0.25, -0.2) is 4.79 Å². The van der Waals surface area contributed by atoms with Gasteiger partial charge < -0.3 is 15.2 Å². The molecule has 0 aliphatic heterocycles. The molecular weight excluding hydrogens is 122 g/mol. The molecule has 4 nitrogen and oxygen atoms in total. The number of ether oxygens (including phenoxy) is 2. The Kier molecular flexibility index (Phi) is 3.27. The molecule has 0 aliphatic rings. The molecule has 0 fully saturated rings. The van der Waals surface area contributed by atoms with Gasteiger partial charge in [0.1, 0.15) is 6.26 Å². The van der Waals surface area contributed by atoms with Gasteiger partial charge in [0.2, 0.25) is 0 Å². The van der Waals surface area contributed by atoms with Gasteiger partial charge in [-0.3, -0.25) is 0 Å². The molecule has 0 bridgehead atoms.